The molecule has 1 rings (SSSR count). The molecule has 0 aliphatic heterocycles. The Balaban J connectivity index is 2.71. The predicted octanol–water partition coefficient (Wildman–Crippen LogP) is 3.45. The van der Waals surface area contributed by atoms with E-state index in [1.165, 1.54) is 0 Å². The highest BCUT2D eigenvalue weighted by atomic mass is 32.2. The zero-order valence-electron chi connectivity index (χ0n) is 12.7. The number of rotatable bonds is 7. The third-order valence-electron chi connectivity index (χ3n) is 3.26. The third-order valence-corrected chi connectivity index (χ3v) is 4.82. The lowest BCUT2D eigenvalue weighted by molar-refractivity contribution is 0.102. The van der Waals surface area contributed by atoms with Crippen LogP contribution in [0.2, 0.25) is 0 Å². The average Bonchev–Trinajstić information content (AvgIpc) is 2.36. The quantitative estimate of drug-likeness (QED) is 0.724. The van der Waals surface area contributed by atoms with E-state index in [-0.39, 0.29) is 17.3 Å². The highest BCUT2D eigenvalue weighted by Crippen LogP contribution is 2.15. The Labute approximate surface area is 122 Å². The maximum absolute atomic E-state index is 12.0. The smallest absolute Gasteiger partial charge is 0.177 e. The van der Waals surface area contributed by atoms with Crippen molar-refractivity contribution in [1.29, 1.82) is 0 Å². The van der Waals surface area contributed by atoms with Crippen LogP contribution < -0.4 is 0 Å². The molecule has 20 heavy (non-hydrogen) atoms. The molecular formula is C16H24O3S. The van der Waals surface area contributed by atoms with Gasteiger partial charge in [-0.15, -0.1) is 0 Å². The number of hydrogen-bond donors (Lipinski definition) is 0. The Kier molecular flexibility index (Phi) is 5.93. The van der Waals surface area contributed by atoms with E-state index >= 15 is 0 Å². The molecule has 4 heteroatoms. The van der Waals surface area contributed by atoms with Crippen molar-refractivity contribution in [1.82, 2.24) is 0 Å². The van der Waals surface area contributed by atoms with Gasteiger partial charge in [-0.2, -0.15) is 0 Å². The molecule has 0 amide bonds. The molecule has 0 atom stereocenters. The van der Waals surface area contributed by atoms with Crippen molar-refractivity contribution in [2.75, 3.05) is 11.5 Å². The zero-order valence-corrected chi connectivity index (χ0v) is 13.5. The summed E-state index contributed by atoms with van der Waals surface area (Å²) in [5.41, 5.74) is 1.62. The number of ketones is 1. The molecule has 0 spiro atoms. The van der Waals surface area contributed by atoms with Gasteiger partial charge in [0, 0.05) is 5.56 Å². The third kappa shape index (κ3) is 5.45. The molecule has 0 aliphatic rings. The Morgan fingerprint density at radius 1 is 1.05 bits per heavy atom. The molecular weight excluding hydrogens is 272 g/mol. The fraction of sp³-hybridized carbons (Fsp3) is 0.562. The van der Waals surface area contributed by atoms with Crippen LogP contribution in [0.3, 0.4) is 0 Å². The molecule has 0 saturated carbocycles. The number of benzene rings is 1. The summed E-state index contributed by atoms with van der Waals surface area (Å²) in [7, 11) is -3.30. The molecule has 0 aliphatic carbocycles. The number of Topliss-reactive ketones (excluding diaryl/α,β-unsaturated/α-hetero) is 1. The Morgan fingerprint density at radius 2 is 1.60 bits per heavy atom. The first-order valence-electron chi connectivity index (χ1n) is 7.05. The fourth-order valence-corrected chi connectivity index (χ4v) is 3.37. The lowest BCUT2D eigenvalue weighted by atomic mass is 10.0. The minimum atomic E-state index is -3.30. The summed E-state index contributed by atoms with van der Waals surface area (Å²) in [6, 6.07) is 7.21. The summed E-state index contributed by atoms with van der Waals surface area (Å²) >= 11 is 0. The van der Waals surface area contributed by atoms with Gasteiger partial charge in [-0.25, -0.2) is 8.42 Å². The van der Waals surface area contributed by atoms with E-state index in [0.29, 0.717) is 23.8 Å². The number of sulfone groups is 1. The molecule has 1 aromatic rings. The Hall–Kier alpha value is -1.16. The normalized spacial score (nSPS) is 12.1. The number of hydrogen-bond acceptors (Lipinski definition) is 3. The molecule has 0 N–H and O–H groups in total. The molecule has 0 saturated heterocycles. The van der Waals surface area contributed by atoms with Crippen LogP contribution in [0.25, 0.3) is 0 Å². The van der Waals surface area contributed by atoms with Gasteiger partial charge in [0.15, 0.2) is 15.6 Å². The van der Waals surface area contributed by atoms with Gasteiger partial charge in [-0.3, -0.25) is 4.79 Å². The van der Waals surface area contributed by atoms with Gasteiger partial charge >= 0.3 is 0 Å². The van der Waals surface area contributed by atoms with Gasteiger partial charge in [-0.1, -0.05) is 52.0 Å². The van der Waals surface area contributed by atoms with E-state index in [1.54, 1.807) is 12.1 Å². The molecule has 112 valence electrons. The first-order chi connectivity index (χ1) is 9.21. The minimum Gasteiger partial charge on any atom is -0.293 e. The van der Waals surface area contributed by atoms with Crippen LogP contribution in [0.4, 0.5) is 0 Å². The topological polar surface area (TPSA) is 51.2 Å². The van der Waals surface area contributed by atoms with E-state index < -0.39 is 9.84 Å². The second-order valence-electron chi connectivity index (χ2n) is 5.97. The van der Waals surface area contributed by atoms with Crippen LogP contribution >= 0.6 is 0 Å². The van der Waals surface area contributed by atoms with Gasteiger partial charge in [-0.05, 0) is 23.8 Å². The Bertz CT molecular complexity index is 540. The van der Waals surface area contributed by atoms with Crippen LogP contribution in [0, 0.1) is 5.92 Å². The lowest BCUT2D eigenvalue weighted by Crippen LogP contribution is -2.20. The number of carbonyl (C=O) groups excluding carboxylic acids is 1. The van der Waals surface area contributed by atoms with Crippen molar-refractivity contribution in [3.05, 3.63) is 35.4 Å². The lowest BCUT2D eigenvalue weighted by Gasteiger charge is -2.08. The summed E-state index contributed by atoms with van der Waals surface area (Å²) in [6.45, 7) is 8.10. The molecule has 0 unspecified atom stereocenters. The molecule has 0 aromatic heterocycles. The zero-order chi connectivity index (χ0) is 15.3. The van der Waals surface area contributed by atoms with Gasteiger partial charge in [0.1, 0.15) is 5.75 Å². The standard InChI is InChI=1S/C16H24O3S/c1-12(2)9-10-20(18,19)11-16(17)15-7-5-14(6-8-15)13(3)4/h5-8,12-13H,9-11H2,1-4H3. The molecule has 0 heterocycles. The van der Waals surface area contributed by atoms with E-state index in [1.807, 2.05) is 26.0 Å². The van der Waals surface area contributed by atoms with Crippen molar-refractivity contribution < 1.29 is 13.2 Å². The second-order valence-corrected chi connectivity index (χ2v) is 8.16. The summed E-state index contributed by atoms with van der Waals surface area (Å²) in [6.07, 6.45) is 0.599. The van der Waals surface area contributed by atoms with Crippen LogP contribution in [0.15, 0.2) is 24.3 Å². The van der Waals surface area contributed by atoms with Gasteiger partial charge in [0.25, 0.3) is 0 Å². The monoisotopic (exact) mass is 296 g/mol. The average molecular weight is 296 g/mol. The molecule has 3 nitrogen and oxygen atoms in total. The van der Waals surface area contributed by atoms with Gasteiger partial charge < -0.3 is 0 Å². The van der Waals surface area contributed by atoms with Crippen molar-refractivity contribution in [3.63, 3.8) is 0 Å². The second kappa shape index (κ2) is 7.02. The summed E-state index contributed by atoms with van der Waals surface area (Å²) in [5, 5.41) is 0. The van der Waals surface area contributed by atoms with E-state index in [9.17, 15) is 13.2 Å². The highest BCUT2D eigenvalue weighted by molar-refractivity contribution is 7.92. The molecule has 1 aromatic carbocycles. The predicted molar refractivity (Wildman–Crippen MR) is 83.0 cm³/mol. The van der Waals surface area contributed by atoms with Crippen LogP contribution in [0.1, 0.15) is 56.0 Å². The summed E-state index contributed by atoms with van der Waals surface area (Å²) in [4.78, 5) is 12.0. The van der Waals surface area contributed by atoms with Crippen molar-refractivity contribution in [2.24, 2.45) is 5.92 Å². The van der Waals surface area contributed by atoms with Crippen LogP contribution in [0.5, 0.6) is 0 Å². The first-order valence-corrected chi connectivity index (χ1v) is 8.87. The fourth-order valence-electron chi connectivity index (χ4n) is 1.82. The van der Waals surface area contributed by atoms with E-state index in [0.717, 1.165) is 5.56 Å². The van der Waals surface area contributed by atoms with Crippen molar-refractivity contribution in [2.45, 2.75) is 40.0 Å². The van der Waals surface area contributed by atoms with Crippen LogP contribution in [-0.2, 0) is 9.84 Å². The Morgan fingerprint density at radius 3 is 2.05 bits per heavy atom. The summed E-state index contributed by atoms with van der Waals surface area (Å²) < 4.78 is 23.7. The first kappa shape index (κ1) is 16.9. The van der Waals surface area contributed by atoms with Gasteiger partial charge in [0.05, 0.1) is 5.75 Å². The minimum absolute atomic E-state index is 0.0838. The maximum Gasteiger partial charge on any atom is 0.177 e. The largest absolute Gasteiger partial charge is 0.293 e. The number of carbonyl (C=O) groups is 1. The van der Waals surface area contributed by atoms with E-state index in [2.05, 4.69) is 13.8 Å². The van der Waals surface area contributed by atoms with Crippen LogP contribution in [-0.4, -0.2) is 25.7 Å². The molecule has 0 bridgehead atoms. The van der Waals surface area contributed by atoms with E-state index in [4.69, 9.17) is 0 Å². The molecule has 0 fully saturated rings. The van der Waals surface area contributed by atoms with Crippen molar-refractivity contribution >= 4 is 15.6 Å². The SMILES string of the molecule is CC(C)CCS(=O)(=O)CC(=O)c1ccc(C(C)C)cc1. The summed E-state index contributed by atoms with van der Waals surface area (Å²) in [5.74, 6) is 0.101. The molecule has 0 radical (unpaired) electrons. The van der Waals surface area contributed by atoms with Gasteiger partial charge in [0.2, 0.25) is 0 Å². The maximum atomic E-state index is 12.0. The highest BCUT2D eigenvalue weighted by Gasteiger charge is 2.18. The van der Waals surface area contributed by atoms with Crippen molar-refractivity contribution in [3.8, 4) is 0 Å².